The van der Waals surface area contributed by atoms with Gasteiger partial charge in [-0.25, -0.2) is 4.39 Å². The molecule has 0 aliphatic heterocycles. The van der Waals surface area contributed by atoms with Crippen LogP contribution in [0.15, 0.2) is 16.6 Å². The zero-order chi connectivity index (χ0) is 9.84. The van der Waals surface area contributed by atoms with E-state index in [1.807, 2.05) is 7.05 Å². The van der Waals surface area contributed by atoms with Crippen LogP contribution in [-0.4, -0.2) is 18.7 Å². The minimum Gasteiger partial charge on any atom is -0.505 e. The quantitative estimate of drug-likeness (QED) is 0.858. The van der Waals surface area contributed by atoms with Crippen molar-refractivity contribution in [3.63, 3.8) is 0 Å². The van der Waals surface area contributed by atoms with Gasteiger partial charge >= 0.3 is 0 Å². The van der Waals surface area contributed by atoms with Crippen molar-refractivity contribution in [1.82, 2.24) is 5.32 Å². The van der Waals surface area contributed by atoms with Crippen LogP contribution < -0.4 is 5.32 Å². The summed E-state index contributed by atoms with van der Waals surface area (Å²) in [6.07, 6.45) is 0.610. The second kappa shape index (κ2) is 4.58. The number of phenols is 1. The van der Waals surface area contributed by atoms with E-state index < -0.39 is 5.82 Å². The summed E-state index contributed by atoms with van der Waals surface area (Å²) in [6, 6.07) is 2.97. The van der Waals surface area contributed by atoms with Crippen molar-refractivity contribution in [2.75, 3.05) is 13.6 Å². The molecule has 0 radical (unpaired) electrons. The smallest absolute Gasteiger partial charge is 0.166 e. The van der Waals surface area contributed by atoms with Crippen molar-refractivity contribution in [3.8, 4) is 5.75 Å². The number of benzene rings is 1. The second-order valence-electron chi connectivity index (χ2n) is 2.75. The fourth-order valence-corrected chi connectivity index (χ4v) is 1.55. The van der Waals surface area contributed by atoms with Crippen LogP contribution in [0.2, 0.25) is 0 Å². The lowest BCUT2D eigenvalue weighted by molar-refractivity contribution is 0.425. The third kappa shape index (κ3) is 2.67. The maximum absolute atomic E-state index is 13.0. The first-order chi connectivity index (χ1) is 6.15. The van der Waals surface area contributed by atoms with E-state index in [2.05, 4.69) is 21.2 Å². The third-order valence-electron chi connectivity index (χ3n) is 1.75. The van der Waals surface area contributed by atoms with E-state index in [4.69, 9.17) is 0 Å². The molecule has 1 rings (SSSR count). The Morgan fingerprint density at radius 2 is 2.23 bits per heavy atom. The number of hydrogen-bond acceptors (Lipinski definition) is 2. The first-order valence-corrected chi connectivity index (χ1v) is 4.76. The SMILES string of the molecule is CNCCc1cc(Br)cc(F)c1O. The zero-order valence-electron chi connectivity index (χ0n) is 7.27. The van der Waals surface area contributed by atoms with Gasteiger partial charge in [0.25, 0.3) is 0 Å². The molecule has 0 saturated carbocycles. The molecule has 0 saturated heterocycles. The highest BCUT2D eigenvalue weighted by atomic mass is 79.9. The molecule has 1 aromatic carbocycles. The molecule has 72 valence electrons. The molecule has 0 aliphatic carbocycles. The molecule has 0 heterocycles. The normalized spacial score (nSPS) is 10.4. The van der Waals surface area contributed by atoms with Crippen LogP contribution in [0.4, 0.5) is 4.39 Å². The summed E-state index contributed by atoms with van der Waals surface area (Å²) in [6.45, 7) is 0.712. The van der Waals surface area contributed by atoms with Crippen molar-refractivity contribution in [2.45, 2.75) is 6.42 Å². The molecular weight excluding hydrogens is 237 g/mol. The molecule has 0 aliphatic rings. The van der Waals surface area contributed by atoms with Crippen LogP contribution in [0.1, 0.15) is 5.56 Å². The molecule has 0 atom stereocenters. The molecular formula is C9H11BrFNO. The monoisotopic (exact) mass is 247 g/mol. The van der Waals surface area contributed by atoms with Gasteiger partial charge in [0.05, 0.1) is 0 Å². The summed E-state index contributed by atoms with van der Waals surface area (Å²) in [5.74, 6) is -0.834. The van der Waals surface area contributed by atoms with Gasteiger partial charge in [-0.05, 0) is 37.7 Å². The van der Waals surface area contributed by atoms with Gasteiger partial charge in [0.2, 0.25) is 0 Å². The van der Waals surface area contributed by atoms with E-state index in [1.165, 1.54) is 6.07 Å². The fraction of sp³-hybridized carbons (Fsp3) is 0.333. The predicted octanol–water partition coefficient (Wildman–Crippen LogP) is 2.06. The van der Waals surface area contributed by atoms with Crippen molar-refractivity contribution < 1.29 is 9.50 Å². The maximum Gasteiger partial charge on any atom is 0.166 e. The largest absolute Gasteiger partial charge is 0.505 e. The molecule has 0 spiro atoms. The minimum atomic E-state index is -0.583. The Morgan fingerprint density at radius 3 is 2.85 bits per heavy atom. The molecule has 0 bridgehead atoms. The molecule has 0 fully saturated rings. The van der Waals surface area contributed by atoms with Crippen molar-refractivity contribution in [3.05, 3.63) is 28.0 Å². The molecule has 4 heteroatoms. The first kappa shape index (κ1) is 10.5. The Labute approximate surface area is 84.9 Å². The van der Waals surface area contributed by atoms with Crippen LogP contribution >= 0.6 is 15.9 Å². The van der Waals surface area contributed by atoms with Gasteiger partial charge in [-0.15, -0.1) is 0 Å². The average molecular weight is 248 g/mol. The number of halogens is 2. The van der Waals surface area contributed by atoms with Gasteiger partial charge in [0, 0.05) is 4.47 Å². The number of nitrogens with one attached hydrogen (secondary N) is 1. The average Bonchev–Trinajstić information content (AvgIpc) is 2.09. The van der Waals surface area contributed by atoms with Crippen LogP contribution in [-0.2, 0) is 6.42 Å². The zero-order valence-corrected chi connectivity index (χ0v) is 8.86. The summed E-state index contributed by atoms with van der Waals surface area (Å²) in [5.41, 5.74) is 0.612. The number of hydrogen-bond donors (Lipinski definition) is 2. The van der Waals surface area contributed by atoms with Crippen molar-refractivity contribution in [2.24, 2.45) is 0 Å². The number of aromatic hydroxyl groups is 1. The second-order valence-corrected chi connectivity index (χ2v) is 3.66. The van der Waals surface area contributed by atoms with Gasteiger partial charge in [0.1, 0.15) is 0 Å². The third-order valence-corrected chi connectivity index (χ3v) is 2.21. The van der Waals surface area contributed by atoms with E-state index in [1.54, 1.807) is 6.07 Å². The van der Waals surface area contributed by atoms with E-state index in [0.29, 0.717) is 23.0 Å². The Kier molecular flexibility index (Phi) is 3.69. The summed E-state index contributed by atoms with van der Waals surface area (Å²) < 4.78 is 13.6. The Hall–Kier alpha value is -0.610. The van der Waals surface area contributed by atoms with Gasteiger partial charge in [-0.1, -0.05) is 15.9 Å². The Balaban J connectivity index is 2.92. The van der Waals surface area contributed by atoms with Crippen LogP contribution in [0.5, 0.6) is 5.75 Å². The van der Waals surface area contributed by atoms with E-state index in [9.17, 15) is 9.50 Å². The Morgan fingerprint density at radius 1 is 1.54 bits per heavy atom. The lowest BCUT2D eigenvalue weighted by atomic mass is 10.1. The molecule has 0 amide bonds. The topological polar surface area (TPSA) is 32.3 Å². The van der Waals surface area contributed by atoms with Gasteiger partial charge < -0.3 is 10.4 Å². The molecule has 2 N–H and O–H groups in total. The van der Waals surface area contributed by atoms with Crippen molar-refractivity contribution in [1.29, 1.82) is 0 Å². The number of likely N-dealkylation sites (N-methyl/N-ethyl adjacent to an activating group) is 1. The van der Waals surface area contributed by atoms with Crippen LogP contribution in [0.25, 0.3) is 0 Å². The summed E-state index contributed by atoms with van der Waals surface area (Å²) in [7, 11) is 1.81. The van der Waals surface area contributed by atoms with E-state index >= 15 is 0 Å². The lowest BCUT2D eigenvalue weighted by Gasteiger charge is -2.05. The lowest BCUT2D eigenvalue weighted by Crippen LogP contribution is -2.10. The van der Waals surface area contributed by atoms with Gasteiger partial charge in [-0.2, -0.15) is 0 Å². The van der Waals surface area contributed by atoms with E-state index in [-0.39, 0.29) is 5.75 Å². The summed E-state index contributed by atoms with van der Waals surface area (Å²) >= 11 is 3.17. The highest BCUT2D eigenvalue weighted by Crippen LogP contribution is 2.26. The Bertz CT molecular complexity index is 304. The van der Waals surface area contributed by atoms with Crippen LogP contribution in [0.3, 0.4) is 0 Å². The van der Waals surface area contributed by atoms with Crippen molar-refractivity contribution >= 4 is 15.9 Å². The minimum absolute atomic E-state index is 0.251. The maximum atomic E-state index is 13.0. The standard InChI is InChI=1S/C9H11BrFNO/c1-12-3-2-6-4-7(10)5-8(11)9(6)13/h4-5,12-13H,2-3H2,1H3. The molecule has 13 heavy (non-hydrogen) atoms. The summed E-state index contributed by atoms with van der Waals surface area (Å²) in [5, 5.41) is 12.3. The van der Waals surface area contributed by atoms with Gasteiger partial charge in [0.15, 0.2) is 11.6 Å². The summed E-state index contributed by atoms with van der Waals surface area (Å²) in [4.78, 5) is 0. The molecule has 2 nitrogen and oxygen atoms in total. The number of phenolic OH excluding ortho intramolecular Hbond substituents is 1. The molecule has 0 aromatic heterocycles. The fourth-order valence-electron chi connectivity index (χ4n) is 1.07. The van der Waals surface area contributed by atoms with Gasteiger partial charge in [-0.3, -0.25) is 0 Å². The van der Waals surface area contributed by atoms with Crippen LogP contribution in [0, 0.1) is 5.82 Å². The first-order valence-electron chi connectivity index (χ1n) is 3.96. The van der Waals surface area contributed by atoms with E-state index in [0.717, 1.165) is 0 Å². The molecule has 0 unspecified atom stereocenters. The molecule has 1 aromatic rings. The highest BCUT2D eigenvalue weighted by Gasteiger charge is 2.07. The highest BCUT2D eigenvalue weighted by molar-refractivity contribution is 9.10. The predicted molar refractivity (Wildman–Crippen MR) is 53.4 cm³/mol. The number of rotatable bonds is 3.